The number of ether oxygens (including phenoxy) is 3. The molecule has 36 heavy (non-hydrogen) atoms. The van der Waals surface area contributed by atoms with Crippen LogP contribution in [-0.2, 0) is 23.8 Å². The van der Waals surface area contributed by atoms with Crippen LogP contribution in [0.25, 0.3) is 0 Å². The summed E-state index contributed by atoms with van der Waals surface area (Å²) in [6.45, 7) is 6.63. The van der Waals surface area contributed by atoms with Crippen molar-refractivity contribution in [3.63, 3.8) is 0 Å². The van der Waals surface area contributed by atoms with Crippen LogP contribution < -0.4 is 0 Å². The van der Waals surface area contributed by atoms with Crippen molar-refractivity contribution in [3.05, 3.63) is 12.7 Å². The van der Waals surface area contributed by atoms with Crippen molar-refractivity contribution in [3.8, 4) is 11.8 Å². The molecule has 208 valence electrons. The molecule has 0 atom stereocenters. The zero-order valence-corrected chi connectivity index (χ0v) is 21.9. The summed E-state index contributed by atoms with van der Waals surface area (Å²) in [5.41, 5.74) is 0. The maximum absolute atomic E-state index is 12.7. The number of rotatable bonds is 8. The molecule has 8 nitrogen and oxygen atoms in total. The first-order valence-electron chi connectivity index (χ1n) is 13.2. The average molecular weight is 513 g/mol. The van der Waals surface area contributed by atoms with Gasteiger partial charge in [0.15, 0.2) is 0 Å². The van der Waals surface area contributed by atoms with Crippen LogP contribution in [0.5, 0.6) is 0 Å². The molecule has 0 amide bonds. The number of esters is 2. The summed E-state index contributed by atoms with van der Waals surface area (Å²) in [5, 5.41) is 0. The third-order valence-corrected chi connectivity index (χ3v) is 7.53. The Morgan fingerprint density at radius 3 is 1.86 bits per heavy atom. The van der Waals surface area contributed by atoms with Gasteiger partial charge in [-0.1, -0.05) is 25.3 Å². The summed E-state index contributed by atoms with van der Waals surface area (Å²) in [7, 11) is 0. The van der Waals surface area contributed by atoms with E-state index < -0.39 is 5.97 Å². The molecule has 0 aromatic carbocycles. The third kappa shape index (κ3) is 11.9. The van der Waals surface area contributed by atoms with Crippen molar-refractivity contribution < 1.29 is 40.2 Å². The summed E-state index contributed by atoms with van der Waals surface area (Å²) in [4.78, 5) is 23.7. The average Bonchev–Trinajstić information content (AvgIpc) is 2.84. The maximum Gasteiger partial charge on any atom is 0.330 e. The van der Waals surface area contributed by atoms with Crippen LogP contribution >= 0.6 is 0 Å². The van der Waals surface area contributed by atoms with E-state index in [4.69, 9.17) is 14.2 Å². The molecule has 3 saturated carbocycles. The number of hydrogen-bond donors (Lipinski definition) is 0. The normalized spacial score (nSPS) is 29.5. The van der Waals surface area contributed by atoms with Gasteiger partial charge in [0.1, 0.15) is 6.10 Å². The van der Waals surface area contributed by atoms with Crippen LogP contribution in [0.4, 0.5) is 0 Å². The topological polar surface area (TPSA) is 156 Å². The Bertz CT molecular complexity index is 688. The summed E-state index contributed by atoms with van der Waals surface area (Å²) >= 11 is 0. The van der Waals surface area contributed by atoms with E-state index in [1.807, 2.05) is 0 Å². The number of hydrogen-bond acceptors (Lipinski definition) is 5. The van der Waals surface area contributed by atoms with Gasteiger partial charge >= 0.3 is 11.9 Å². The number of carbonyl (C=O) groups excluding carboxylic acids is 2. The van der Waals surface area contributed by atoms with Gasteiger partial charge in [-0.3, -0.25) is 4.79 Å². The molecule has 0 saturated heterocycles. The second-order valence-electron chi connectivity index (χ2n) is 10.2. The van der Waals surface area contributed by atoms with Gasteiger partial charge in [0.2, 0.25) is 0 Å². The standard InChI is InChI=1S/C28H42O5.3H2O/c1-3-27(29)32-20-4-19-31-25-17-13-24(14-18-25)28(30)33-26-15-11-23(12-16-26)10-9-22-7-5-21(2)6-8-22;;;/h3,21-26H,1,4-8,11-20H2,2H3;3*1H2. The van der Waals surface area contributed by atoms with Crippen molar-refractivity contribution in [2.24, 2.45) is 23.7 Å². The van der Waals surface area contributed by atoms with Gasteiger partial charge in [-0.2, -0.15) is 0 Å². The monoisotopic (exact) mass is 512 g/mol. The molecule has 3 aliphatic rings. The molecule has 0 unspecified atom stereocenters. The van der Waals surface area contributed by atoms with Crippen molar-refractivity contribution in [1.82, 2.24) is 0 Å². The van der Waals surface area contributed by atoms with Crippen molar-refractivity contribution in [2.45, 2.75) is 103 Å². The zero-order valence-electron chi connectivity index (χ0n) is 21.9. The molecule has 0 bridgehead atoms. The molecule has 0 aromatic rings. The molecule has 8 heteroatoms. The highest BCUT2D eigenvalue weighted by Crippen LogP contribution is 2.31. The lowest BCUT2D eigenvalue weighted by atomic mass is 9.82. The summed E-state index contributed by atoms with van der Waals surface area (Å²) < 4.78 is 16.7. The van der Waals surface area contributed by atoms with Crippen LogP contribution in [-0.4, -0.2) is 53.8 Å². The molecule has 0 spiro atoms. The SMILES string of the molecule is C=CC(=O)OCCCOC1CCC(C(=O)OC2CCC(C#CC3CCC(C)CC3)CC2)CC1.O.O.O. The summed E-state index contributed by atoms with van der Waals surface area (Å²) in [6, 6.07) is 0. The van der Waals surface area contributed by atoms with E-state index in [-0.39, 0.29) is 40.5 Å². The molecular formula is C28H48O8. The fraction of sp³-hybridized carbons (Fsp3) is 0.786. The highest BCUT2D eigenvalue weighted by atomic mass is 16.5. The minimum Gasteiger partial charge on any atom is -0.462 e. The minimum absolute atomic E-state index is 0. The van der Waals surface area contributed by atoms with Gasteiger partial charge in [0, 0.05) is 24.3 Å². The van der Waals surface area contributed by atoms with Crippen LogP contribution in [0.2, 0.25) is 0 Å². The second-order valence-corrected chi connectivity index (χ2v) is 10.2. The van der Waals surface area contributed by atoms with Crippen LogP contribution in [0.15, 0.2) is 12.7 Å². The molecule has 3 rings (SSSR count). The highest BCUT2D eigenvalue weighted by molar-refractivity contribution is 5.81. The lowest BCUT2D eigenvalue weighted by Crippen LogP contribution is -2.31. The van der Waals surface area contributed by atoms with Crippen LogP contribution in [0, 0.1) is 35.5 Å². The lowest BCUT2D eigenvalue weighted by Gasteiger charge is -2.30. The Labute approximate surface area is 216 Å². The molecule has 3 aliphatic carbocycles. The van der Waals surface area contributed by atoms with Gasteiger partial charge < -0.3 is 30.6 Å². The van der Waals surface area contributed by atoms with E-state index in [1.165, 1.54) is 31.8 Å². The predicted octanol–water partition coefficient (Wildman–Crippen LogP) is 3.14. The first-order valence-corrected chi connectivity index (χ1v) is 13.2. The van der Waals surface area contributed by atoms with Crippen molar-refractivity contribution in [1.29, 1.82) is 0 Å². The van der Waals surface area contributed by atoms with E-state index in [2.05, 4.69) is 25.3 Å². The van der Waals surface area contributed by atoms with Crippen molar-refractivity contribution in [2.75, 3.05) is 13.2 Å². The van der Waals surface area contributed by atoms with Gasteiger partial charge in [-0.25, -0.2) is 4.79 Å². The Morgan fingerprint density at radius 2 is 1.31 bits per heavy atom. The van der Waals surface area contributed by atoms with Crippen LogP contribution in [0.1, 0.15) is 90.4 Å². The van der Waals surface area contributed by atoms with E-state index in [1.54, 1.807) is 0 Å². The van der Waals surface area contributed by atoms with Crippen molar-refractivity contribution >= 4 is 11.9 Å². The maximum atomic E-state index is 12.7. The van der Waals surface area contributed by atoms with E-state index in [9.17, 15) is 9.59 Å². The third-order valence-electron chi connectivity index (χ3n) is 7.53. The Balaban J connectivity index is 0.00000408. The molecular weight excluding hydrogens is 464 g/mol. The summed E-state index contributed by atoms with van der Waals surface area (Å²) in [6.07, 6.45) is 14.7. The lowest BCUT2D eigenvalue weighted by molar-refractivity contribution is -0.158. The van der Waals surface area contributed by atoms with Gasteiger partial charge in [0.25, 0.3) is 0 Å². The molecule has 0 radical (unpaired) electrons. The van der Waals surface area contributed by atoms with Gasteiger partial charge in [-0.05, 0) is 83.0 Å². The Morgan fingerprint density at radius 1 is 0.778 bits per heavy atom. The van der Waals surface area contributed by atoms with E-state index >= 15 is 0 Å². The second kappa shape index (κ2) is 18.3. The van der Waals surface area contributed by atoms with Gasteiger partial charge in [-0.15, -0.1) is 0 Å². The van der Waals surface area contributed by atoms with Gasteiger partial charge in [0.05, 0.1) is 25.2 Å². The van der Waals surface area contributed by atoms with E-state index in [0.717, 1.165) is 57.3 Å². The smallest absolute Gasteiger partial charge is 0.330 e. The molecule has 0 aliphatic heterocycles. The minimum atomic E-state index is -0.399. The largest absolute Gasteiger partial charge is 0.462 e. The fourth-order valence-corrected chi connectivity index (χ4v) is 5.23. The van der Waals surface area contributed by atoms with E-state index in [0.29, 0.717) is 31.5 Å². The van der Waals surface area contributed by atoms with Crippen LogP contribution in [0.3, 0.4) is 0 Å². The molecule has 0 heterocycles. The Kier molecular flexibility index (Phi) is 17.4. The first kappa shape index (κ1) is 34.1. The predicted molar refractivity (Wildman–Crippen MR) is 139 cm³/mol. The first-order chi connectivity index (χ1) is 16.0. The molecule has 3 fully saturated rings. The highest BCUT2D eigenvalue weighted by Gasteiger charge is 2.31. The zero-order chi connectivity index (χ0) is 23.5. The Hall–Kier alpha value is -1.92. The quantitative estimate of drug-likeness (QED) is 0.211. The molecule has 0 aromatic heterocycles. The fourth-order valence-electron chi connectivity index (χ4n) is 5.23. The molecule has 6 N–H and O–H groups in total. The number of carbonyl (C=O) groups is 2. The summed E-state index contributed by atoms with van der Waals surface area (Å²) in [5.74, 6) is 8.65.